The number of aliphatic hydroxyl groups excluding tert-OH is 1. The van der Waals surface area contributed by atoms with Crippen molar-refractivity contribution in [3.8, 4) is 0 Å². The van der Waals surface area contributed by atoms with Crippen molar-refractivity contribution in [2.75, 3.05) is 0 Å². The van der Waals surface area contributed by atoms with Gasteiger partial charge in [-0.15, -0.1) is 0 Å². The largest absolute Gasteiger partial charge is 0.383 e. The molecule has 0 bridgehead atoms. The van der Waals surface area contributed by atoms with E-state index in [2.05, 4.69) is 5.10 Å². The Hall–Kier alpha value is -1.32. The molecule has 0 fully saturated rings. The minimum Gasteiger partial charge on any atom is -0.383 e. The molecule has 0 amide bonds. The van der Waals surface area contributed by atoms with E-state index in [0.29, 0.717) is 5.02 Å². The van der Waals surface area contributed by atoms with E-state index in [0.717, 1.165) is 16.7 Å². The van der Waals surface area contributed by atoms with Gasteiger partial charge in [0.2, 0.25) is 0 Å². The summed E-state index contributed by atoms with van der Waals surface area (Å²) >= 11 is 6.16. The van der Waals surface area contributed by atoms with Crippen LogP contribution in [0.15, 0.2) is 30.6 Å². The van der Waals surface area contributed by atoms with Gasteiger partial charge in [0.05, 0.1) is 6.20 Å². The molecule has 3 nitrogen and oxygen atoms in total. The Labute approximate surface area is 99.3 Å². The molecular formula is C12H13ClN2O. The summed E-state index contributed by atoms with van der Waals surface area (Å²) in [5.41, 5.74) is 2.42. The zero-order chi connectivity index (χ0) is 11.7. The molecule has 0 saturated carbocycles. The molecule has 16 heavy (non-hydrogen) atoms. The van der Waals surface area contributed by atoms with Crippen LogP contribution in [0.25, 0.3) is 0 Å². The Morgan fingerprint density at radius 3 is 2.81 bits per heavy atom. The molecule has 0 aliphatic rings. The number of aromatic nitrogens is 2. The van der Waals surface area contributed by atoms with Crippen LogP contribution in [0.2, 0.25) is 5.02 Å². The lowest BCUT2D eigenvalue weighted by atomic mass is 10.0. The van der Waals surface area contributed by atoms with Crippen LogP contribution in [-0.2, 0) is 7.05 Å². The molecule has 0 saturated heterocycles. The summed E-state index contributed by atoms with van der Waals surface area (Å²) in [5, 5.41) is 14.8. The van der Waals surface area contributed by atoms with Gasteiger partial charge in [-0.25, -0.2) is 0 Å². The highest BCUT2D eigenvalue weighted by atomic mass is 35.5. The molecule has 0 spiro atoms. The maximum absolute atomic E-state index is 10.2. The van der Waals surface area contributed by atoms with Gasteiger partial charge in [-0.3, -0.25) is 4.68 Å². The van der Waals surface area contributed by atoms with Crippen molar-refractivity contribution < 1.29 is 5.11 Å². The summed E-state index contributed by atoms with van der Waals surface area (Å²) in [7, 11) is 1.81. The third kappa shape index (κ3) is 1.96. The average molecular weight is 237 g/mol. The average Bonchev–Trinajstić information content (AvgIpc) is 2.68. The van der Waals surface area contributed by atoms with Crippen molar-refractivity contribution >= 4 is 11.6 Å². The molecule has 0 radical (unpaired) electrons. The van der Waals surface area contributed by atoms with E-state index in [1.165, 1.54) is 0 Å². The lowest BCUT2D eigenvalue weighted by Gasteiger charge is -2.12. The Morgan fingerprint density at radius 1 is 1.44 bits per heavy atom. The third-order valence-corrected chi connectivity index (χ3v) is 3.07. The van der Waals surface area contributed by atoms with Crippen LogP contribution in [-0.4, -0.2) is 14.9 Å². The highest BCUT2D eigenvalue weighted by molar-refractivity contribution is 6.32. The van der Waals surface area contributed by atoms with Gasteiger partial charge in [0.25, 0.3) is 0 Å². The predicted molar refractivity (Wildman–Crippen MR) is 63.5 cm³/mol. The molecule has 1 N–H and O–H groups in total. The molecule has 1 aromatic heterocycles. The fraction of sp³-hybridized carbons (Fsp3) is 0.250. The van der Waals surface area contributed by atoms with E-state index >= 15 is 0 Å². The quantitative estimate of drug-likeness (QED) is 0.870. The number of rotatable bonds is 2. The first-order valence-corrected chi connectivity index (χ1v) is 5.39. The summed E-state index contributed by atoms with van der Waals surface area (Å²) in [5.74, 6) is 0. The minimum atomic E-state index is -0.721. The number of aliphatic hydroxyl groups is 1. The van der Waals surface area contributed by atoms with Crippen molar-refractivity contribution in [3.63, 3.8) is 0 Å². The second-order valence-electron chi connectivity index (χ2n) is 3.83. The molecule has 0 aliphatic carbocycles. The number of nitrogens with zero attached hydrogens (tertiary/aromatic N) is 2. The van der Waals surface area contributed by atoms with Crippen LogP contribution < -0.4 is 0 Å². The first-order valence-electron chi connectivity index (χ1n) is 5.01. The number of aryl methyl sites for hydroxylation is 2. The zero-order valence-corrected chi connectivity index (χ0v) is 9.94. The molecular weight excluding hydrogens is 224 g/mol. The molecule has 0 aliphatic heterocycles. The van der Waals surface area contributed by atoms with Crippen LogP contribution in [0.4, 0.5) is 0 Å². The van der Waals surface area contributed by atoms with Gasteiger partial charge in [-0.1, -0.05) is 29.8 Å². The summed E-state index contributed by atoms with van der Waals surface area (Å²) in [6, 6.07) is 5.63. The first kappa shape index (κ1) is 11.2. The van der Waals surface area contributed by atoms with Gasteiger partial charge in [0.15, 0.2) is 0 Å². The Morgan fingerprint density at radius 2 is 2.19 bits per heavy atom. The van der Waals surface area contributed by atoms with E-state index in [9.17, 15) is 5.11 Å². The molecule has 84 valence electrons. The number of hydrogen-bond donors (Lipinski definition) is 1. The third-order valence-electron chi connectivity index (χ3n) is 2.56. The van der Waals surface area contributed by atoms with E-state index in [1.807, 2.05) is 32.2 Å². The lowest BCUT2D eigenvalue weighted by molar-refractivity contribution is 0.220. The molecule has 1 heterocycles. The van der Waals surface area contributed by atoms with E-state index in [-0.39, 0.29) is 0 Å². The van der Waals surface area contributed by atoms with Crippen LogP contribution in [0.3, 0.4) is 0 Å². The number of halogens is 1. The van der Waals surface area contributed by atoms with Gasteiger partial charge in [0, 0.05) is 29.4 Å². The topological polar surface area (TPSA) is 38.1 Å². The lowest BCUT2D eigenvalue weighted by Crippen LogP contribution is -2.00. The second-order valence-corrected chi connectivity index (χ2v) is 4.21. The van der Waals surface area contributed by atoms with Gasteiger partial charge in [-0.05, 0) is 12.5 Å². The number of benzene rings is 1. The fourth-order valence-corrected chi connectivity index (χ4v) is 1.87. The Bertz CT molecular complexity index is 507. The van der Waals surface area contributed by atoms with Crippen molar-refractivity contribution in [1.29, 1.82) is 0 Å². The fourth-order valence-electron chi connectivity index (χ4n) is 1.64. The summed E-state index contributed by atoms with van der Waals surface area (Å²) < 4.78 is 1.66. The van der Waals surface area contributed by atoms with Crippen molar-refractivity contribution in [2.24, 2.45) is 7.05 Å². The van der Waals surface area contributed by atoms with Gasteiger partial charge < -0.3 is 5.11 Å². The van der Waals surface area contributed by atoms with Crippen LogP contribution in [0.1, 0.15) is 22.8 Å². The normalized spacial score (nSPS) is 12.8. The Balaban J connectivity index is 2.41. The van der Waals surface area contributed by atoms with E-state index < -0.39 is 6.10 Å². The van der Waals surface area contributed by atoms with Gasteiger partial charge >= 0.3 is 0 Å². The first-order chi connectivity index (χ1) is 7.59. The monoisotopic (exact) mass is 236 g/mol. The van der Waals surface area contributed by atoms with Crippen LogP contribution in [0.5, 0.6) is 0 Å². The minimum absolute atomic E-state index is 0.610. The molecule has 1 unspecified atom stereocenters. The molecule has 1 aromatic carbocycles. The highest BCUT2D eigenvalue weighted by Crippen LogP contribution is 2.29. The number of hydrogen-bond acceptors (Lipinski definition) is 2. The standard InChI is InChI=1S/C12H13ClN2O/c1-8-4-3-5-10(11(8)13)12(16)9-6-14-15(2)7-9/h3-7,12,16H,1-2H3. The maximum atomic E-state index is 10.2. The maximum Gasteiger partial charge on any atom is 0.109 e. The molecule has 4 heteroatoms. The predicted octanol–water partition coefficient (Wildman–Crippen LogP) is 2.46. The molecule has 1 atom stereocenters. The SMILES string of the molecule is Cc1cccc(C(O)c2cnn(C)c2)c1Cl. The van der Waals surface area contributed by atoms with Crippen LogP contribution in [0, 0.1) is 6.92 Å². The van der Waals surface area contributed by atoms with Gasteiger partial charge in [-0.2, -0.15) is 5.10 Å². The van der Waals surface area contributed by atoms with Crippen molar-refractivity contribution in [1.82, 2.24) is 9.78 Å². The summed E-state index contributed by atoms with van der Waals surface area (Å²) in [6.45, 7) is 1.92. The smallest absolute Gasteiger partial charge is 0.109 e. The Kier molecular flexibility index (Phi) is 2.99. The summed E-state index contributed by atoms with van der Waals surface area (Å²) in [6.07, 6.45) is 2.70. The highest BCUT2D eigenvalue weighted by Gasteiger charge is 2.16. The molecule has 2 rings (SSSR count). The summed E-state index contributed by atoms with van der Waals surface area (Å²) in [4.78, 5) is 0. The van der Waals surface area contributed by atoms with Crippen molar-refractivity contribution in [3.05, 3.63) is 52.3 Å². The van der Waals surface area contributed by atoms with E-state index in [4.69, 9.17) is 11.6 Å². The van der Waals surface area contributed by atoms with Gasteiger partial charge in [0.1, 0.15) is 6.10 Å². The second kappa shape index (κ2) is 4.28. The zero-order valence-electron chi connectivity index (χ0n) is 9.18. The van der Waals surface area contributed by atoms with Crippen molar-refractivity contribution in [2.45, 2.75) is 13.0 Å². The van der Waals surface area contributed by atoms with E-state index in [1.54, 1.807) is 17.1 Å². The molecule has 2 aromatic rings. The van der Waals surface area contributed by atoms with Crippen LogP contribution >= 0.6 is 11.6 Å².